The molecule has 0 aliphatic carbocycles. The number of nitrogens with zero attached hydrogens (tertiary/aromatic N) is 3. The van der Waals surface area contributed by atoms with E-state index in [1.807, 2.05) is 0 Å². The van der Waals surface area contributed by atoms with Gasteiger partial charge in [-0.05, 0) is 18.9 Å². The second-order valence-electron chi connectivity index (χ2n) is 6.23. The molecule has 0 spiro atoms. The van der Waals surface area contributed by atoms with Crippen molar-refractivity contribution in [3.05, 3.63) is 35.0 Å². The summed E-state index contributed by atoms with van der Waals surface area (Å²) in [5.74, 6) is -1.69. The molecule has 2 aliphatic heterocycles. The molecule has 3 heterocycles. The summed E-state index contributed by atoms with van der Waals surface area (Å²) < 4.78 is 6.64. The van der Waals surface area contributed by atoms with Crippen LogP contribution in [0.25, 0.3) is 0 Å². The van der Waals surface area contributed by atoms with E-state index in [0.29, 0.717) is 6.54 Å². The molecule has 10 nitrogen and oxygen atoms in total. The topological polar surface area (TPSA) is 147 Å². The van der Waals surface area contributed by atoms with E-state index in [4.69, 9.17) is 4.74 Å². The molecule has 0 bridgehead atoms. The van der Waals surface area contributed by atoms with Crippen molar-refractivity contribution in [2.75, 3.05) is 6.54 Å². The van der Waals surface area contributed by atoms with Gasteiger partial charge in [-0.1, -0.05) is 0 Å². The van der Waals surface area contributed by atoms with E-state index in [2.05, 4.69) is 5.29 Å². The van der Waals surface area contributed by atoms with Gasteiger partial charge in [-0.2, -0.15) is 4.57 Å². The molecule has 1 aromatic heterocycles. The van der Waals surface area contributed by atoms with Crippen LogP contribution in [0.1, 0.15) is 30.7 Å². The van der Waals surface area contributed by atoms with Crippen LogP contribution in [-0.4, -0.2) is 57.3 Å². The van der Waals surface area contributed by atoms with Crippen molar-refractivity contribution in [2.45, 2.75) is 49.5 Å². The van der Waals surface area contributed by atoms with Crippen LogP contribution in [-0.2, 0) is 9.53 Å². The summed E-state index contributed by atoms with van der Waals surface area (Å²) in [6.07, 6.45) is -3.41. The van der Waals surface area contributed by atoms with Crippen LogP contribution in [0, 0.1) is 4.91 Å². The fourth-order valence-corrected chi connectivity index (χ4v) is 3.36. The number of aliphatic hydroxyl groups excluding tert-OH is 3. The molecule has 0 amide bonds. The number of aliphatic hydroxyl groups is 3. The maximum absolute atomic E-state index is 11.1. The normalized spacial score (nSPS) is 35.6. The number of carboxylic acids is 1. The molecule has 3 rings (SSSR count). The minimum atomic E-state index is -1.80. The molecule has 3 N–H and O–H groups in total. The van der Waals surface area contributed by atoms with Crippen LogP contribution in [0.2, 0.25) is 0 Å². The molecular weight excluding hydrogens is 334 g/mol. The van der Waals surface area contributed by atoms with Crippen molar-refractivity contribution in [1.82, 2.24) is 5.01 Å². The van der Waals surface area contributed by atoms with Crippen molar-refractivity contribution in [3.8, 4) is 0 Å². The molecule has 0 saturated carbocycles. The summed E-state index contributed by atoms with van der Waals surface area (Å²) in [6.45, 7) is 0.545. The first-order valence-corrected chi connectivity index (χ1v) is 7.95. The van der Waals surface area contributed by atoms with E-state index in [-0.39, 0.29) is 6.04 Å². The molecule has 136 valence electrons. The number of carbonyl (C=O) groups excluding carboxylic acids is 1. The van der Waals surface area contributed by atoms with E-state index in [0.717, 1.165) is 18.4 Å². The summed E-state index contributed by atoms with van der Waals surface area (Å²) >= 11 is 0. The molecule has 2 fully saturated rings. The number of nitroso groups, excluding NO2 is 1. The number of hydrogen-bond donors (Lipinski definition) is 3. The van der Waals surface area contributed by atoms with Crippen molar-refractivity contribution in [1.29, 1.82) is 0 Å². The minimum Gasteiger partial charge on any atom is -0.547 e. The lowest BCUT2D eigenvalue weighted by atomic mass is 9.97. The van der Waals surface area contributed by atoms with E-state index in [9.17, 15) is 30.1 Å². The number of rotatable bonds is 4. The van der Waals surface area contributed by atoms with Gasteiger partial charge in [0.2, 0.25) is 0 Å². The number of pyridine rings is 1. The van der Waals surface area contributed by atoms with Gasteiger partial charge in [-0.25, -0.2) is 0 Å². The first-order chi connectivity index (χ1) is 11.9. The zero-order valence-corrected chi connectivity index (χ0v) is 13.2. The Morgan fingerprint density at radius 3 is 2.76 bits per heavy atom. The lowest BCUT2D eigenvalue weighted by molar-refractivity contribution is -0.777. The predicted molar refractivity (Wildman–Crippen MR) is 78.1 cm³/mol. The Morgan fingerprint density at radius 1 is 1.32 bits per heavy atom. The zero-order valence-electron chi connectivity index (χ0n) is 13.2. The highest BCUT2D eigenvalue weighted by molar-refractivity contribution is 5.71. The third kappa shape index (κ3) is 3.21. The minimum absolute atomic E-state index is 0.224. The van der Waals surface area contributed by atoms with Gasteiger partial charge < -0.3 is 30.0 Å². The third-order valence-corrected chi connectivity index (χ3v) is 4.67. The fourth-order valence-electron chi connectivity index (χ4n) is 3.36. The van der Waals surface area contributed by atoms with E-state index in [1.54, 1.807) is 18.3 Å². The Labute approximate surface area is 142 Å². The molecule has 2 saturated heterocycles. The summed E-state index contributed by atoms with van der Waals surface area (Å²) in [5.41, 5.74) is 0.737. The Hall–Kier alpha value is -2.14. The smallest absolute Gasteiger partial charge is 0.292 e. The third-order valence-electron chi connectivity index (χ3n) is 4.67. The van der Waals surface area contributed by atoms with Crippen LogP contribution in [0.15, 0.2) is 29.8 Å². The number of carboxylic acid groups (broad SMARTS) is 1. The Balaban J connectivity index is 1.89. The lowest BCUT2D eigenvalue weighted by Crippen LogP contribution is -2.65. The first-order valence-electron chi connectivity index (χ1n) is 7.95. The van der Waals surface area contributed by atoms with Crippen molar-refractivity contribution < 1.29 is 34.5 Å². The highest BCUT2D eigenvalue weighted by Crippen LogP contribution is 2.32. The number of hydrogen-bond acceptors (Lipinski definition) is 8. The zero-order chi connectivity index (χ0) is 18.1. The summed E-state index contributed by atoms with van der Waals surface area (Å²) in [4.78, 5) is 22.0. The Morgan fingerprint density at radius 2 is 2.08 bits per heavy atom. The van der Waals surface area contributed by atoms with Gasteiger partial charge >= 0.3 is 0 Å². The van der Waals surface area contributed by atoms with Crippen LogP contribution < -0.4 is 9.67 Å². The highest BCUT2D eigenvalue weighted by Gasteiger charge is 2.49. The van der Waals surface area contributed by atoms with Gasteiger partial charge in [0.25, 0.3) is 6.23 Å². The van der Waals surface area contributed by atoms with Crippen molar-refractivity contribution in [2.24, 2.45) is 5.29 Å². The number of aliphatic carboxylic acids is 1. The quantitative estimate of drug-likeness (QED) is 0.398. The second kappa shape index (κ2) is 7.00. The van der Waals surface area contributed by atoms with Gasteiger partial charge in [0, 0.05) is 18.2 Å². The number of carbonyl (C=O) groups is 1. The van der Waals surface area contributed by atoms with Crippen LogP contribution in [0.4, 0.5) is 0 Å². The number of aromatic nitrogens is 1. The van der Waals surface area contributed by atoms with Crippen LogP contribution >= 0.6 is 0 Å². The molecule has 6 atom stereocenters. The van der Waals surface area contributed by atoms with Gasteiger partial charge in [0.1, 0.15) is 18.3 Å². The SMILES string of the molecule is O=NN1CCC[C@H]1c1ccc[n+]([C@@H]2O[C@H](C(=O)[O-])[C@@H](O)[C@H](O)[C@H]2O)c1. The van der Waals surface area contributed by atoms with Gasteiger partial charge in [-0.15, -0.1) is 4.91 Å². The molecule has 1 aromatic rings. The molecule has 0 radical (unpaired) electrons. The average molecular weight is 353 g/mol. The molecule has 0 aromatic carbocycles. The maximum atomic E-state index is 11.1. The van der Waals surface area contributed by atoms with Gasteiger partial charge in [0.15, 0.2) is 18.5 Å². The van der Waals surface area contributed by atoms with Crippen LogP contribution in [0.5, 0.6) is 0 Å². The van der Waals surface area contributed by atoms with Crippen molar-refractivity contribution in [3.63, 3.8) is 0 Å². The van der Waals surface area contributed by atoms with Gasteiger partial charge in [0.05, 0.1) is 17.3 Å². The Kier molecular flexibility index (Phi) is 4.95. The van der Waals surface area contributed by atoms with Gasteiger partial charge in [-0.3, -0.25) is 5.01 Å². The largest absolute Gasteiger partial charge is 0.547 e. The molecule has 10 heteroatoms. The number of ether oxygens (including phenoxy) is 1. The van der Waals surface area contributed by atoms with Crippen molar-refractivity contribution >= 4 is 5.97 Å². The molecule has 2 aliphatic rings. The van der Waals surface area contributed by atoms with E-state index < -0.39 is 36.6 Å². The van der Waals surface area contributed by atoms with E-state index in [1.165, 1.54) is 15.8 Å². The lowest BCUT2D eigenvalue weighted by Gasteiger charge is -2.37. The summed E-state index contributed by atoms with van der Waals surface area (Å²) in [5, 5.41) is 45.3. The summed E-state index contributed by atoms with van der Waals surface area (Å²) in [7, 11) is 0. The van der Waals surface area contributed by atoms with Crippen LogP contribution in [0.3, 0.4) is 0 Å². The molecule has 25 heavy (non-hydrogen) atoms. The second-order valence-corrected chi connectivity index (χ2v) is 6.23. The first kappa shape index (κ1) is 17.7. The predicted octanol–water partition coefficient (Wildman–Crippen LogP) is -2.48. The average Bonchev–Trinajstić information content (AvgIpc) is 3.08. The summed E-state index contributed by atoms with van der Waals surface area (Å²) in [6, 6.07) is 3.21. The highest BCUT2D eigenvalue weighted by atomic mass is 16.6. The Bertz CT molecular complexity index is 658. The molecule has 0 unspecified atom stereocenters. The van der Waals surface area contributed by atoms with E-state index >= 15 is 0 Å². The monoisotopic (exact) mass is 353 g/mol. The maximum Gasteiger partial charge on any atom is 0.292 e. The standard InChI is InChI=1S/C15H19N3O7/c19-10-11(20)13(15(22)23)25-14(12(10)21)17-5-1-3-8(7-17)9-4-2-6-18(9)16-24/h1,3,5,7,9-14,19-21H,2,4,6H2/t9-,10-,11-,12+,13-,14+/m0/s1. The molecular formula is C15H19N3O7. The fraction of sp³-hybridized carbons (Fsp3) is 0.600.